The number of hydrogen-bond donors (Lipinski definition) is 2. The van der Waals surface area contributed by atoms with Crippen LogP contribution in [0.1, 0.15) is 27.0 Å². The number of rotatable bonds is 8. The van der Waals surface area contributed by atoms with Crippen molar-refractivity contribution < 1.29 is 19.1 Å². The first-order valence-electron chi connectivity index (χ1n) is 11.8. The Morgan fingerprint density at radius 2 is 1.58 bits per heavy atom. The summed E-state index contributed by atoms with van der Waals surface area (Å²) in [4.78, 5) is 43.1. The second-order valence-corrected chi connectivity index (χ2v) is 8.60. The molecule has 3 aromatic rings. The van der Waals surface area contributed by atoms with E-state index in [1.165, 1.54) is 16.9 Å². The number of carbonyl (C=O) groups excluding carboxylic acids is 3. The third kappa shape index (κ3) is 5.72. The SMILES string of the molecule is COc1cccc(C(=O)N2CCN(C(=O)Cc3ccccc3)C2C(=O)NCc2cccc(CN)c2)c1. The van der Waals surface area contributed by atoms with Gasteiger partial charge in [0.2, 0.25) is 5.91 Å². The van der Waals surface area contributed by atoms with Crippen molar-refractivity contribution >= 4 is 17.7 Å². The van der Waals surface area contributed by atoms with Gasteiger partial charge in [-0.15, -0.1) is 0 Å². The molecular formula is C28H30N4O4. The summed E-state index contributed by atoms with van der Waals surface area (Å²) in [5.74, 6) is -0.428. The predicted octanol–water partition coefficient (Wildman–Crippen LogP) is 2.32. The number of methoxy groups -OCH3 is 1. The molecule has 1 aliphatic rings. The van der Waals surface area contributed by atoms with Gasteiger partial charge in [-0.3, -0.25) is 14.4 Å². The topological polar surface area (TPSA) is 105 Å². The van der Waals surface area contributed by atoms with Gasteiger partial charge in [-0.25, -0.2) is 0 Å². The van der Waals surface area contributed by atoms with Crippen LogP contribution in [0.5, 0.6) is 5.75 Å². The Bertz CT molecular complexity index is 1230. The van der Waals surface area contributed by atoms with E-state index in [0.717, 1.165) is 16.7 Å². The molecule has 1 atom stereocenters. The minimum absolute atomic E-state index is 0.143. The molecule has 36 heavy (non-hydrogen) atoms. The molecule has 3 N–H and O–H groups in total. The van der Waals surface area contributed by atoms with Crippen LogP contribution in [0.15, 0.2) is 78.9 Å². The fraction of sp³-hybridized carbons (Fsp3) is 0.250. The van der Waals surface area contributed by atoms with Gasteiger partial charge in [0, 0.05) is 31.7 Å². The van der Waals surface area contributed by atoms with Crippen molar-refractivity contribution in [3.63, 3.8) is 0 Å². The van der Waals surface area contributed by atoms with Gasteiger partial charge in [-0.2, -0.15) is 0 Å². The highest BCUT2D eigenvalue weighted by molar-refractivity contribution is 5.99. The zero-order valence-corrected chi connectivity index (χ0v) is 20.2. The summed E-state index contributed by atoms with van der Waals surface area (Å²) < 4.78 is 5.25. The second-order valence-electron chi connectivity index (χ2n) is 8.60. The largest absolute Gasteiger partial charge is 0.497 e. The Morgan fingerprint density at radius 3 is 2.33 bits per heavy atom. The van der Waals surface area contributed by atoms with Gasteiger partial charge in [-0.05, 0) is 34.9 Å². The summed E-state index contributed by atoms with van der Waals surface area (Å²) >= 11 is 0. The summed E-state index contributed by atoms with van der Waals surface area (Å²) in [5.41, 5.74) is 8.81. The Kier molecular flexibility index (Phi) is 7.97. The molecule has 186 valence electrons. The van der Waals surface area contributed by atoms with E-state index in [1.807, 2.05) is 54.6 Å². The van der Waals surface area contributed by atoms with Crippen molar-refractivity contribution in [1.29, 1.82) is 0 Å². The average molecular weight is 487 g/mol. The van der Waals surface area contributed by atoms with E-state index in [4.69, 9.17) is 10.5 Å². The molecule has 1 unspecified atom stereocenters. The number of nitrogens with zero attached hydrogens (tertiary/aromatic N) is 2. The normalized spacial score (nSPS) is 15.0. The van der Waals surface area contributed by atoms with Gasteiger partial charge >= 0.3 is 0 Å². The van der Waals surface area contributed by atoms with Crippen molar-refractivity contribution in [2.24, 2.45) is 5.73 Å². The Hall–Kier alpha value is -4.17. The lowest BCUT2D eigenvalue weighted by Gasteiger charge is -2.29. The summed E-state index contributed by atoms with van der Waals surface area (Å²) in [7, 11) is 1.53. The van der Waals surface area contributed by atoms with Gasteiger partial charge < -0.3 is 25.6 Å². The van der Waals surface area contributed by atoms with Crippen LogP contribution >= 0.6 is 0 Å². The van der Waals surface area contributed by atoms with E-state index < -0.39 is 12.1 Å². The lowest BCUT2D eigenvalue weighted by Crippen LogP contribution is -2.54. The Labute approximate surface area is 210 Å². The quantitative estimate of drug-likeness (QED) is 0.509. The fourth-order valence-corrected chi connectivity index (χ4v) is 4.33. The lowest BCUT2D eigenvalue weighted by molar-refractivity contribution is -0.141. The van der Waals surface area contributed by atoms with E-state index in [1.54, 1.807) is 24.3 Å². The number of benzene rings is 3. The molecule has 1 saturated heterocycles. The van der Waals surface area contributed by atoms with E-state index in [9.17, 15) is 14.4 Å². The molecule has 0 radical (unpaired) electrons. The molecule has 1 aliphatic heterocycles. The van der Waals surface area contributed by atoms with Gasteiger partial charge in [0.1, 0.15) is 5.75 Å². The highest BCUT2D eigenvalue weighted by Gasteiger charge is 2.42. The van der Waals surface area contributed by atoms with Crippen molar-refractivity contribution in [3.8, 4) is 5.75 Å². The number of carbonyl (C=O) groups is 3. The first kappa shape index (κ1) is 24.9. The third-order valence-corrected chi connectivity index (χ3v) is 6.20. The van der Waals surface area contributed by atoms with E-state index in [-0.39, 0.29) is 37.9 Å². The third-order valence-electron chi connectivity index (χ3n) is 6.20. The summed E-state index contributed by atoms with van der Waals surface area (Å²) in [6.45, 7) is 1.17. The average Bonchev–Trinajstić information content (AvgIpc) is 3.37. The molecule has 8 nitrogen and oxygen atoms in total. The molecule has 3 aromatic carbocycles. The molecule has 3 amide bonds. The van der Waals surface area contributed by atoms with Crippen LogP contribution in [0.2, 0.25) is 0 Å². The molecule has 0 spiro atoms. The molecular weight excluding hydrogens is 456 g/mol. The maximum Gasteiger partial charge on any atom is 0.264 e. The molecule has 0 aliphatic carbocycles. The Balaban J connectivity index is 1.57. The summed E-state index contributed by atoms with van der Waals surface area (Å²) in [5, 5.41) is 2.91. The number of amides is 3. The zero-order chi connectivity index (χ0) is 25.5. The summed E-state index contributed by atoms with van der Waals surface area (Å²) in [6, 6.07) is 23.7. The van der Waals surface area contributed by atoms with Gasteiger partial charge in [-0.1, -0.05) is 60.7 Å². The number of ether oxygens (including phenoxy) is 1. The lowest BCUT2D eigenvalue weighted by atomic mass is 10.1. The van der Waals surface area contributed by atoms with Crippen LogP contribution in [0.4, 0.5) is 0 Å². The molecule has 1 heterocycles. The van der Waals surface area contributed by atoms with Gasteiger partial charge in [0.25, 0.3) is 11.8 Å². The van der Waals surface area contributed by atoms with Crippen LogP contribution in [0.25, 0.3) is 0 Å². The van der Waals surface area contributed by atoms with Crippen LogP contribution in [0, 0.1) is 0 Å². The van der Waals surface area contributed by atoms with Gasteiger partial charge in [0.15, 0.2) is 6.17 Å². The molecule has 0 aromatic heterocycles. The Morgan fingerprint density at radius 1 is 0.889 bits per heavy atom. The monoisotopic (exact) mass is 486 g/mol. The first-order chi connectivity index (χ1) is 17.5. The maximum atomic E-state index is 13.5. The van der Waals surface area contributed by atoms with E-state index >= 15 is 0 Å². The van der Waals surface area contributed by atoms with Crippen molar-refractivity contribution in [2.45, 2.75) is 25.7 Å². The highest BCUT2D eigenvalue weighted by Crippen LogP contribution is 2.22. The number of nitrogens with two attached hydrogens (primary N) is 1. The maximum absolute atomic E-state index is 13.5. The minimum Gasteiger partial charge on any atom is -0.497 e. The molecule has 0 bridgehead atoms. The number of hydrogen-bond acceptors (Lipinski definition) is 5. The molecule has 8 heteroatoms. The smallest absolute Gasteiger partial charge is 0.264 e. The zero-order valence-electron chi connectivity index (χ0n) is 20.2. The number of nitrogens with one attached hydrogen (secondary N) is 1. The molecule has 4 rings (SSSR count). The minimum atomic E-state index is -1.06. The van der Waals surface area contributed by atoms with Crippen molar-refractivity contribution in [1.82, 2.24) is 15.1 Å². The molecule has 0 saturated carbocycles. The standard InChI is InChI=1S/C28H30N4O4/c1-36-24-12-6-11-23(17-24)28(35)32-14-13-31(25(33)16-20-7-3-2-4-8-20)27(32)26(34)30-19-22-10-5-9-21(15-22)18-29/h2-12,15,17,27H,13-14,16,18-19,29H2,1H3,(H,30,34). The van der Waals surface area contributed by atoms with Gasteiger partial charge in [0.05, 0.1) is 13.5 Å². The van der Waals surface area contributed by atoms with Crippen LogP contribution in [-0.2, 0) is 29.1 Å². The van der Waals surface area contributed by atoms with Crippen LogP contribution < -0.4 is 15.8 Å². The van der Waals surface area contributed by atoms with Crippen molar-refractivity contribution in [2.75, 3.05) is 20.2 Å². The van der Waals surface area contributed by atoms with Crippen molar-refractivity contribution in [3.05, 3.63) is 101 Å². The second kappa shape index (κ2) is 11.5. The fourth-order valence-electron chi connectivity index (χ4n) is 4.33. The van der Waals surface area contributed by atoms with E-state index in [2.05, 4.69) is 5.32 Å². The predicted molar refractivity (Wildman–Crippen MR) is 136 cm³/mol. The van der Waals surface area contributed by atoms with E-state index in [0.29, 0.717) is 17.9 Å². The van der Waals surface area contributed by atoms with Crippen LogP contribution in [0.3, 0.4) is 0 Å². The highest BCUT2D eigenvalue weighted by atomic mass is 16.5. The molecule has 1 fully saturated rings. The van der Waals surface area contributed by atoms with Crippen LogP contribution in [-0.4, -0.2) is 53.9 Å². The summed E-state index contributed by atoms with van der Waals surface area (Å²) in [6.07, 6.45) is -0.915. The first-order valence-corrected chi connectivity index (χ1v) is 11.8.